The lowest BCUT2D eigenvalue weighted by atomic mass is 9.87. The lowest BCUT2D eigenvalue weighted by Crippen LogP contribution is -2.39. The van der Waals surface area contributed by atoms with Crippen LogP contribution in [-0.4, -0.2) is 29.3 Å². The van der Waals surface area contributed by atoms with Gasteiger partial charge in [0.1, 0.15) is 0 Å². The molecule has 1 aliphatic carbocycles. The van der Waals surface area contributed by atoms with E-state index in [1.54, 1.807) is 0 Å². The first-order valence-corrected chi connectivity index (χ1v) is 7.17. The third-order valence-corrected chi connectivity index (χ3v) is 4.05. The number of hydrogen-bond donors (Lipinski definition) is 1. The third kappa shape index (κ3) is 3.90. The van der Waals surface area contributed by atoms with E-state index >= 15 is 0 Å². The molecule has 2 rings (SSSR count). The van der Waals surface area contributed by atoms with Crippen LogP contribution in [-0.2, 0) is 6.54 Å². The molecule has 0 aliphatic heterocycles. The molecule has 0 saturated heterocycles. The van der Waals surface area contributed by atoms with Crippen molar-refractivity contribution in [3.8, 4) is 0 Å². The van der Waals surface area contributed by atoms with Crippen LogP contribution < -0.4 is 10.2 Å². The van der Waals surface area contributed by atoms with E-state index in [9.17, 15) is 0 Å². The molecule has 19 heavy (non-hydrogen) atoms. The lowest BCUT2D eigenvalue weighted by molar-refractivity contribution is 0.328. The second-order valence-electron chi connectivity index (χ2n) is 6.69. The fourth-order valence-corrected chi connectivity index (χ4v) is 1.95. The highest BCUT2D eigenvalue weighted by molar-refractivity contribution is 5.38. The van der Waals surface area contributed by atoms with Gasteiger partial charge >= 0.3 is 0 Å². The van der Waals surface area contributed by atoms with Gasteiger partial charge in [0.15, 0.2) is 5.82 Å². The van der Waals surface area contributed by atoms with E-state index in [-0.39, 0.29) is 5.41 Å². The van der Waals surface area contributed by atoms with Crippen molar-refractivity contribution in [1.29, 1.82) is 0 Å². The van der Waals surface area contributed by atoms with Crippen LogP contribution in [0.15, 0.2) is 12.1 Å². The molecule has 0 radical (unpaired) electrons. The highest BCUT2D eigenvalue weighted by Crippen LogP contribution is 2.26. The predicted octanol–water partition coefficient (Wildman–Crippen LogP) is 2.60. The summed E-state index contributed by atoms with van der Waals surface area (Å²) in [7, 11) is 2.09. The molecule has 0 amide bonds. The average molecular weight is 262 g/mol. The van der Waals surface area contributed by atoms with E-state index in [4.69, 9.17) is 0 Å². The monoisotopic (exact) mass is 262 g/mol. The summed E-state index contributed by atoms with van der Waals surface area (Å²) in [4.78, 5) is 2.20. The van der Waals surface area contributed by atoms with Crippen LogP contribution in [0.2, 0.25) is 0 Å². The van der Waals surface area contributed by atoms with Crippen LogP contribution in [0.5, 0.6) is 0 Å². The van der Waals surface area contributed by atoms with Crippen molar-refractivity contribution in [2.75, 3.05) is 11.9 Å². The van der Waals surface area contributed by atoms with Crippen LogP contribution in [0.25, 0.3) is 0 Å². The molecule has 1 unspecified atom stereocenters. The van der Waals surface area contributed by atoms with E-state index in [1.165, 1.54) is 12.8 Å². The summed E-state index contributed by atoms with van der Waals surface area (Å²) in [6, 6.07) is 5.27. The Balaban J connectivity index is 1.96. The molecule has 1 aromatic heterocycles. The Bertz CT molecular complexity index is 403. The number of anilines is 1. The fraction of sp³-hybridized carbons (Fsp3) is 0.733. The van der Waals surface area contributed by atoms with Gasteiger partial charge in [0.05, 0.1) is 5.69 Å². The first-order chi connectivity index (χ1) is 8.88. The maximum atomic E-state index is 4.35. The number of nitrogens with zero attached hydrogens (tertiary/aromatic N) is 3. The van der Waals surface area contributed by atoms with Gasteiger partial charge in [-0.25, -0.2) is 0 Å². The summed E-state index contributed by atoms with van der Waals surface area (Å²) in [5.41, 5.74) is 1.25. The van der Waals surface area contributed by atoms with Crippen LogP contribution in [0.4, 0.5) is 5.82 Å². The van der Waals surface area contributed by atoms with Crippen molar-refractivity contribution in [2.45, 2.75) is 59.2 Å². The molecular formula is C15H26N4. The first kappa shape index (κ1) is 14.3. The number of hydrogen-bond acceptors (Lipinski definition) is 4. The molecule has 0 aromatic carbocycles. The molecule has 1 saturated carbocycles. The van der Waals surface area contributed by atoms with E-state index < -0.39 is 0 Å². The molecule has 0 spiro atoms. The summed E-state index contributed by atoms with van der Waals surface area (Å²) >= 11 is 0. The van der Waals surface area contributed by atoms with Crippen molar-refractivity contribution in [3.05, 3.63) is 17.8 Å². The topological polar surface area (TPSA) is 41.0 Å². The van der Waals surface area contributed by atoms with Crippen molar-refractivity contribution in [3.63, 3.8) is 0 Å². The van der Waals surface area contributed by atoms with Gasteiger partial charge in [-0.05, 0) is 37.3 Å². The van der Waals surface area contributed by atoms with Gasteiger partial charge in [0.25, 0.3) is 0 Å². The number of aromatic nitrogens is 2. The van der Waals surface area contributed by atoms with Gasteiger partial charge in [0, 0.05) is 25.7 Å². The minimum Gasteiger partial charge on any atom is -0.355 e. The van der Waals surface area contributed by atoms with E-state index in [2.05, 4.69) is 67.3 Å². The third-order valence-electron chi connectivity index (χ3n) is 4.05. The van der Waals surface area contributed by atoms with Crippen molar-refractivity contribution in [1.82, 2.24) is 15.5 Å². The Morgan fingerprint density at radius 1 is 1.32 bits per heavy atom. The van der Waals surface area contributed by atoms with E-state index in [0.717, 1.165) is 18.1 Å². The summed E-state index contributed by atoms with van der Waals surface area (Å²) in [6.45, 7) is 9.79. The van der Waals surface area contributed by atoms with E-state index in [0.29, 0.717) is 12.1 Å². The zero-order chi connectivity index (χ0) is 14.0. The van der Waals surface area contributed by atoms with Gasteiger partial charge in [-0.15, -0.1) is 5.10 Å². The Labute approximate surface area is 116 Å². The Kier molecular flexibility index (Phi) is 4.09. The lowest BCUT2D eigenvalue weighted by Gasteiger charge is -2.35. The zero-order valence-electron chi connectivity index (χ0n) is 12.8. The Morgan fingerprint density at radius 3 is 2.47 bits per heavy atom. The van der Waals surface area contributed by atoms with Crippen LogP contribution in [0.3, 0.4) is 0 Å². The standard InChI is InChI=1S/C15H26N4/c1-11(15(2,3)4)19(5)14-9-8-13(17-18-14)10-16-12-6-7-12/h8-9,11-12,16H,6-7,10H2,1-5H3. The molecule has 1 aliphatic rings. The number of rotatable bonds is 5. The minimum atomic E-state index is 0.225. The van der Waals surface area contributed by atoms with Crippen molar-refractivity contribution in [2.24, 2.45) is 5.41 Å². The van der Waals surface area contributed by atoms with Gasteiger partial charge < -0.3 is 10.2 Å². The van der Waals surface area contributed by atoms with Gasteiger partial charge in [-0.3, -0.25) is 0 Å². The van der Waals surface area contributed by atoms with Crippen molar-refractivity contribution < 1.29 is 0 Å². The average Bonchev–Trinajstić information content (AvgIpc) is 3.18. The highest BCUT2D eigenvalue weighted by atomic mass is 15.3. The van der Waals surface area contributed by atoms with E-state index in [1.807, 2.05) is 0 Å². The maximum absolute atomic E-state index is 4.35. The molecule has 0 bridgehead atoms. The number of nitrogens with one attached hydrogen (secondary N) is 1. The first-order valence-electron chi connectivity index (χ1n) is 7.17. The van der Waals surface area contributed by atoms with Crippen molar-refractivity contribution >= 4 is 5.82 Å². The summed E-state index contributed by atoms with van der Waals surface area (Å²) in [5, 5.41) is 12.1. The SMILES string of the molecule is CC(N(C)c1ccc(CNC2CC2)nn1)C(C)(C)C. The van der Waals surface area contributed by atoms with Gasteiger partial charge in [-0.1, -0.05) is 20.8 Å². The molecule has 1 fully saturated rings. The molecule has 4 nitrogen and oxygen atoms in total. The predicted molar refractivity (Wildman–Crippen MR) is 79.2 cm³/mol. The normalized spacial score (nSPS) is 17.3. The summed E-state index contributed by atoms with van der Waals surface area (Å²) in [6.07, 6.45) is 2.61. The van der Waals surface area contributed by atoms with Crippen LogP contribution >= 0.6 is 0 Å². The van der Waals surface area contributed by atoms with Crippen LogP contribution in [0.1, 0.15) is 46.2 Å². The summed E-state index contributed by atoms with van der Waals surface area (Å²) in [5.74, 6) is 0.942. The molecular weight excluding hydrogens is 236 g/mol. The maximum Gasteiger partial charge on any atom is 0.151 e. The fourth-order valence-electron chi connectivity index (χ4n) is 1.95. The Morgan fingerprint density at radius 2 is 2.00 bits per heavy atom. The van der Waals surface area contributed by atoms with Gasteiger partial charge in [0.2, 0.25) is 0 Å². The minimum absolute atomic E-state index is 0.225. The molecule has 4 heteroatoms. The molecule has 1 aromatic rings. The smallest absolute Gasteiger partial charge is 0.151 e. The molecule has 1 heterocycles. The largest absolute Gasteiger partial charge is 0.355 e. The highest BCUT2D eigenvalue weighted by Gasteiger charge is 2.25. The quantitative estimate of drug-likeness (QED) is 0.885. The summed E-state index contributed by atoms with van der Waals surface area (Å²) < 4.78 is 0. The molecule has 106 valence electrons. The zero-order valence-corrected chi connectivity index (χ0v) is 12.8. The Hall–Kier alpha value is -1.16. The molecule has 1 atom stereocenters. The second-order valence-corrected chi connectivity index (χ2v) is 6.69. The second kappa shape index (κ2) is 5.45. The van der Waals surface area contributed by atoms with Gasteiger partial charge in [-0.2, -0.15) is 5.10 Å². The van der Waals surface area contributed by atoms with Crippen LogP contribution in [0, 0.1) is 5.41 Å². The molecule has 1 N–H and O–H groups in total.